The minimum atomic E-state index is -0.107. The van der Waals surface area contributed by atoms with Crippen LogP contribution in [0, 0.1) is 11.3 Å². The van der Waals surface area contributed by atoms with Crippen LogP contribution in [0.2, 0.25) is 0 Å². The van der Waals surface area contributed by atoms with Gasteiger partial charge in [-0.25, -0.2) is 0 Å². The van der Waals surface area contributed by atoms with Gasteiger partial charge >= 0.3 is 0 Å². The van der Waals surface area contributed by atoms with E-state index in [1.165, 1.54) is 0 Å². The second-order valence-corrected chi connectivity index (χ2v) is 4.40. The van der Waals surface area contributed by atoms with Gasteiger partial charge in [0.05, 0.1) is 6.42 Å². The second-order valence-electron chi connectivity index (χ2n) is 4.40. The summed E-state index contributed by atoms with van der Waals surface area (Å²) in [5, 5.41) is 0. The molecule has 0 N–H and O–H groups in total. The van der Waals surface area contributed by atoms with Crippen molar-refractivity contribution in [3.63, 3.8) is 0 Å². The molecule has 2 saturated carbocycles. The molecule has 12 heavy (non-hydrogen) atoms. The lowest BCUT2D eigenvalue weighted by molar-refractivity contribution is -0.130. The van der Waals surface area contributed by atoms with Crippen LogP contribution in [0.3, 0.4) is 0 Å². The standard InChI is InChI=1S/C10H14O2/c1-10(4-5-10)9(12)6-8(11)7-2-3-7/h7H,2-6H2,1H3. The van der Waals surface area contributed by atoms with Crippen molar-refractivity contribution in [2.45, 2.75) is 39.0 Å². The molecule has 2 aliphatic carbocycles. The summed E-state index contributed by atoms with van der Waals surface area (Å²) >= 11 is 0. The fraction of sp³-hybridized carbons (Fsp3) is 0.800. The van der Waals surface area contributed by atoms with Crippen LogP contribution in [0.1, 0.15) is 39.0 Å². The van der Waals surface area contributed by atoms with Crippen molar-refractivity contribution < 1.29 is 9.59 Å². The molecule has 2 rings (SSSR count). The van der Waals surface area contributed by atoms with Crippen LogP contribution in [-0.4, -0.2) is 11.6 Å². The maximum absolute atomic E-state index is 11.4. The predicted octanol–water partition coefficient (Wildman–Crippen LogP) is 1.72. The molecule has 0 heterocycles. The summed E-state index contributed by atoms with van der Waals surface area (Å²) in [5.41, 5.74) is -0.107. The molecule has 0 saturated heterocycles. The number of rotatable bonds is 4. The number of carbonyl (C=O) groups excluding carboxylic acids is 2. The molecule has 0 unspecified atom stereocenters. The van der Waals surface area contributed by atoms with Gasteiger partial charge in [0, 0.05) is 11.3 Å². The minimum Gasteiger partial charge on any atom is -0.299 e. The van der Waals surface area contributed by atoms with E-state index in [4.69, 9.17) is 0 Å². The topological polar surface area (TPSA) is 34.1 Å². The highest BCUT2D eigenvalue weighted by atomic mass is 16.2. The first-order valence-corrected chi connectivity index (χ1v) is 4.68. The van der Waals surface area contributed by atoms with Crippen molar-refractivity contribution in [2.24, 2.45) is 11.3 Å². The zero-order chi connectivity index (χ0) is 8.77. The van der Waals surface area contributed by atoms with Crippen LogP contribution in [-0.2, 0) is 9.59 Å². The van der Waals surface area contributed by atoms with E-state index in [-0.39, 0.29) is 29.3 Å². The van der Waals surface area contributed by atoms with Gasteiger partial charge in [0.1, 0.15) is 11.6 Å². The third-order valence-electron chi connectivity index (χ3n) is 3.04. The highest BCUT2D eigenvalue weighted by Crippen LogP contribution is 2.47. The number of ketones is 2. The molecule has 0 aromatic rings. The maximum atomic E-state index is 11.4. The van der Waals surface area contributed by atoms with Crippen molar-refractivity contribution in [1.29, 1.82) is 0 Å². The Morgan fingerprint density at radius 2 is 1.92 bits per heavy atom. The number of hydrogen-bond acceptors (Lipinski definition) is 2. The van der Waals surface area contributed by atoms with Gasteiger partial charge in [0.25, 0.3) is 0 Å². The summed E-state index contributed by atoms with van der Waals surface area (Å²) in [6.07, 6.45) is 4.22. The van der Waals surface area contributed by atoms with E-state index in [2.05, 4.69) is 0 Å². The Morgan fingerprint density at radius 3 is 2.33 bits per heavy atom. The highest BCUT2D eigenvalue weighted by Gasteiger charge is 2.45. The fourth-order valence-electron chi connectivity index (χ4n) is 1.39. The molecule has 0 amide bonds. The lowest BCUT2D eigenvalue weighted by Gasteiger charge is -2.04. The Bertz CT molecular complexity index is 234. The van der Waals surface area contributed by atoms with Crippen LogP contribution >= 0.6 is 0 Å². The average molecular weight is 166 g/mol. The van der Waals surface area contributed by atoms with Crippen LogP contribution < -0.4 is 0 Å². The minimum absolute atomic E-state index is 0.107. The van der Waals surface area contributed by atoms with Gasteiger partial charge in [0.15, 0.2) is 0 Å². The van der Waals surface area contributed by atoms with Gasteiger partial charge in [-0.2, -0.15) is 0 Å². The third kappa shape index (κ3) is 1.43. The Balaban J connectivity index is 1.85. The molecule has 2 fully saturated rings. The second kappa shape index (κ2) is 2.41. The molecular formula is C10H14O2. The van der Waals surface area contributed by atoms with Crippen molar-refractivity contribution in [1.82, 2.24) is 0 Å². The summed E-state index contributed by atoms with van der Waals surface area (Å²) in [4.78, 5) is 22.7. The van der Waals surface area contributed by atoms with Gasteiger partial charge in [-0.1, -0.05) is 6.92 Å². The summed E-state index contributed by atoms with van der Waals surface area (Å²) in [7, 11) is 0. The third-order valence-corrected chi connectivity index (χ3v) is 3.04. The highest BCUT2D eigenvalue weighted by molar-refractivity contribution is 6.04. The van der Waals surface area contributed by atoms with E-state index in [0.29, 0.717) is 0 Å². The Labute approximate surface area is 72.3 Å². The van der Waals surface area contributed by atoms with E-state index in [1.54, 1.807) is 0 Å². The normalized spacial score (nSPS) is 25.1. The summed E-state index contributed by atoms with van der Waals surface area (Å²) in [5.74, 6) is 0.615. The number of hydrogen-bond donors (Lipinski definition) is 0. The monoisotopic (exact) mass is 166 g/mol. The molecule has 0 aromatic heterocycles. The molecular weight excluding hydrogens is 152 g/mol. The SMILES string of the molecule is CC1(C(=O)CC(=O)C2CC2)CC1. The summed E-state index contributed by atoms with van der Waals surface area (Å²) in [6.45, 7) is 1.97. The smallest absolute Gasteiger partial charge is 0.146 e. The zero-order valence-electron chi connectivity index (χ0n) is 7.43. The van der Waals surface area contributed by atoms with E-state index < -0.39 is 0 Å². The lowest BCUT2D eigenvalue weighted by atomic mass is 9.98. The molecule has 0 aliphatic heterocycles. The fourth-order valence-corrected chi connectivity index (χ4v) is 1.39. The first kappa shape index (κ1) is 7.96. The van der Waals surface area contributed by atoms with E-state index >= 15 is 0 Å². The van der Waals surface area contributed by atoms with Gasteiger partial charge < -0.3 is 0 Å². The molecule has 66 valence electrons. The summed E-state index contributed by atoms with van der Waals surface area (Å²) in [6, 6.07) is 0. The van der Waals surface area contributed by atoms with Gasteiger partial charge in [-0.05, 0) is 25.7 Å². The Hall–Kier alpha value is -0.660. The first-order valence-electron chi connectivity index (χ1n) is 4.68. The molecule has 0 aromatic carbocycles. The predicted molar refractivity (Wildman–Crippen MR) is 44.7 cm³/mol. The van der Waals surface area contributed by atoms with Crippen LogP contribution in [0.4, 0.5) is 0 Å². The Kier molecular flexibility index (Phi) is 1.60. The van der Waals surface area contributed by atoms with E-state index in [1.807, 2.05) is 6.92 Å². The molecule has 2 nitrogen and oxygen atoms in total. The zero-order valence-corrected chi connectivity index (χ0v) is 7.43. The van der Waals surface area contributed by atoms with Crippen LogP contribution in [0.15, 0.2) is 0 Å². The quantitative estimate of drug-likeness (QED) is 0.596. The lowest BCUT2D eigenvalue weighted by Crippen LogP contribution is -2.17. The number of Topliss-reactive ketones (excluding diaryl/α,β-unsaturated/α-hetero) is 2. The molecule has 0 spiro atoms. The maximum Gasteiger partial charge on any atom is 0.146 e. The first-order chi connectivity index (χ1) is 5.62. The van der Waals surface area contributed by atoms with Crippen molar-refractivity contribution in [3.05, 3.63) is 0 Å². The van der Waals surface area contributed by atoms with E-state index in [0.717, 1.165) is 25.7 Å². The molecule has 2 aliphatic rings. The van der Waals surface area contributed by atoms with Gasteiger partial charge in [-0.3, -0.25) is 9.59 Å². The molecule has 0 bridgehead atoms. The largest absolute Gasteiger partial charge is 0.299 e. The van der Waals surface area contributed by atoms with Crippen molar-refractivity contribution in [2.75, 3.05) is 0 Å². The van der Waals surface area contributed by atoms with E-state index in [9.17, 15) is 9.59 Å². The van der Waals surface area contributed by atoms with Crippen LogP contribution in [0.25, 0.3) is 0 Å². The van der Waals surface area contributed by atoms with Crippen molar-refractivity contribution >= 4 is 11.6 Å². The van der Waals surface area contributed by atoms with Crippen molar-refractivity contribution in [3.8, 4) is 0 Å². The van der Waals surface area contributed by atoms with Gasteiger partial charge in [-0.15, -0.1) is 0 Å². The number of carbonyl (C=O) groups is 2. The van der Waals surface area contributed by atoms with Crippen LogP contribution in [0.5, 0.6) is 0 Å². The molecule has 0 atom stereocenters. The molecule has 2 heteroatoms. The average Bonchev–Trinajstić information content (AvgIpc) is 2.79. The summed E-state index contributed by atoms with van der Waals surface area (Å²) < 4.78 is 0. The Morgan fingerprint density at radius 1 is 1.33 bits per heavy atom. The van der Waals surface area contributed by atoms with Gasteiger partial charge in [0.2, 0.25) is 0 Å². The molecule has 0 radical (unpaired) electrons.